The quantitative estimate of drug-likeness (QED) is 0.670. The van der Waals surface area contributed by atoms with Crippen LogP contribution in [0.1, 0.15) is 0 Å². The molecule has 0 fully saturated rings. The predicted octanol–water partition coefficient (Wildman–Crippen LogP) is 1.70. The second kappa shape index (κ2) is 9.41. The molecule has 0 aromatic carbocycles. The number of hydrogen-bond donors (Lipinski definition) is 0. The minimum absolute atomic E-state index is 0.210. The first-order valence-electron chi connectivity index (χ1n) is 4.44. The molecule has 0 radical (unpaired) electrons. The van der Waals surface area contributed by atoms with Crippen LogP contribution in [-0.2, 0) is 0 Å². The average molecular weight is 221 g/mol. The molecule has 5 heteroatoms. The van der Waals surface area contributed by atoms with Crippen molar-refractivity contribution in [2.24, 2.45) is 5.92 Å². The SMILES string of the molecule is N#CC(C#N)=CC(C#N)C#N.c1ccncc1. The van der Waals surface area contributed by atoms with E-state index in [4.69, 9.17) is 21.0 Å². The Hall–Kier alpha value is -3.15. The van der Waals surface area contributed by atoms with Gasteiger partial charge in [0.05, 0.1) is 12.1 Å². The van der Waals surface area contributed by atoms with Crippen LogP contribution in [0.15, 0.2) is 42.2 Å². The summed E-state index contributed by atoms with van der Waals surface area (Å²) in [5, 5.41) is 32.9. The largest absolute Gasteiger partial charge is 0.265 e. The average Bonchev–Trinajstić information content (AvgIpc) is 2.43. The van der Waals surface area contributed by atoms with Crippen molar-refractivity contribution >= 4 is 0 Å². The molecule has 1 rings (SSSR count). The summed E-state index contributed by atoms with van der Waals surface area (Å²) in [4.78, 5) is 3.78. The molecular weight excluding hydrogens is 214 g/mol. The summed E-state index contributed by atoms with van der Waals surface area (Å²) in [5.41, 5.74) is -0.210. The highest BCUT2D eigenvalue weighted by Gasteiger charge is 2.02. The van der Waals surface area contributed by atoms with Gasteiger partial charge < -0.3 is 0 Å². The Labute approximate surface area is 99.1 Å². The summed E-state index contributed by atoms with van der Waals surface area (Å²) >= 11 is 0. The van der Waals surface area contributed by atoms with Gasteiger partial charge in [0.15, 0.2) is 5.92 Å². The van der Waals surface area contributed by atoms with Gasteiger partial charge in [-0.15, -0.1) is 0 Å². The maximum Gasteiger partial charge on any atom is 0.153 e. The Bertz CT molecular complexity index is 463. The van der Waals surface area contributed by atoms with Gasteiger partial charge in [-0.05, 0) is 18.2 Å². The third-order valence-electron chi connectivity index (χ3n) is 1.42. The lowest BCUT2D eigenvalue weighted by Gasteiger charge is -1.84. The Balaban J connectivity index is 0.000000354. The lowest BCUT2D eigenvalue weighted by Crippen LogP contribution is -1.87. The van der Waals surface area contributed by atoms with Gasteiger partial charge in [-0.2, -0.15) is 21.0 Å². The van der Waals surface area contributed by atoms with Crippen LogP contribution in [0.3, 0.4) is 0 Å². The summed E-state index contributed by atoms with van der Waals surface area (Å²) < 4.78 is 0. The second-order valence-electron chi connectivity index (χ2n) is 2.56. The van der Waals surface area contributed by atoms with E-state index in [-0.39, 0.29) is 5.57 Å². The van der Waals surface area contributed by atoms with Crippen molar-refractivity contribution in [1.82, 2.24) is 4.98 Å². The van der Waals surface area contributed by atoms with Crippen molar-refractivity contribution in [3.63, 3.8) is 0 Å². The van der Waals surface area contributed by atoms with Gasteiger partial charge in [0.2, 0.25) is 0 Å². The van der Waals surface area contributed by atoms with E-state index in [9.17, 15) is 0 Å². The number of nitrogens with zero attached hydrogens (tertiary/aromatic N) is 5. The number of allylic oxidation sites excluding steroid dienone is 2. The predicted molar refractivity (Wildman–Crippen MR) is 58.3 cm³/mol. The fraction of sp³-hybridized carbons (Fsp3) is 0.0833. The van der Waals surface area contributed by atoms with E-state index in [1.54, 1.807) is 36.7 Å². The molecule has 1 aromatic heterocycles. The van der Waals surface area contributed by atoms with Crippen molar-refractivity contribution < 1.29 is 0 Å². The number of rotatable bonds is 1. The van der Waals surface area contributed by atoms with Crippen LogP contribution in [0.4, 0.5) is 0 Å². The zero-order chi connectivity index (χ0) is 12.9. The molecule has 1 heterocycles. The van der Waals surface area contributed by atoms with Crippen molar-refractivity contribution in [1.29, 1.82) is 21.0 Å². The summed E-state index contributed by atoms with van der Waals surface area (Å²) in [6.45, 7) is 0. The van der Waals surface area contributed by atoms with Crippen molar-refractivity contribution in [2.45, 2.75) is 0 Å². The monoisotopic (exact) mass is 221 g/mol. The van der Waals surface area contributed by atoms with Crippen LogP contribution in [0, 0.1) is 51.2 Å². The molecule has 0 saturated heterocycles. The van der Waals surface area contributed by atoms with E-state index in [2.05, 4.69) is 4.98 Å². The first-order chi connectivity index (χ1) is 8.28. The van der Waals surface area contributed by atoms with Gasteiger partial charge in [0.1, 0.15) is 17.7 Å². The molecular formula is C12H7N5. The van der Waals surface area contributed by atoms with E-state index < -0.39 is 5.92 Å². The first kappa shape index (κ1) is 13.8. The lowest BCUT2D eigenvalue weighted by molar-refractivity contribution is 1.08. The van der Waals surface area contributed by atoms with Crippen LogP contribution in [0.2, 0.25) is 0 Å². The number of aromatic nitrogens is 1. The van der Waals surface area contributed by atoms with Gasteiger partial charge in [-0.25, -0.2) is 0 Å². The molecule has 0 N–H and O–H groups in total. The van der Waals surface area contributed by atoms with E-state index >= 15 is 0 Å². The van der Waals surface area contributed by atoms with Crippen LogP contribution in [0.5, 0.6) is 0 Å². The van der Waals surface area contributed by atoms with Gasteiger partial charge in [-0.1, -0.05) is 6.07 Å². The van der Waals surface area contributed by atoms with Gasteiger partial charge in [0.25, 0.3) is 0 Å². The molecule has 0 aliphatic heterocycles. The molecule has 0 bridgehead atoms. The van der Waals surface area contributed by atoms with E-state index in [1.807, 2.05) is 18.2 Å². The summed E-state index contributed by atoms with van der Waals surface area (Å²) in [7, 11) is 0. The first-order valence-corrected chi connectivity index (χ1v) is 4.44. The lowest BCUT2D eigenvalue weighted by atomic mass is 10.1. The molecule has 0 atom stereocenters. The third-order valence-corrected chi connectivity index (χ3v) is 1.42. The highest BCUT2D eigenvalue weighted by Crippen LogP contribution is 1.99. The molecule has 17 heavy (non-hydrogen) atoms. The number of nitriles is 4. The molecule has 80 valence electrons. The molecule has 1 aromatic rings. The van der Waals surface area contributed by atoms with Gasteiger partial charge in [-0.3, -0.25) is 4.98 Å². The third kappa shape index (κ3) is 6.86. The fourth-order valence-corrected chi connectivity index (χ4v) is 0.682. The standard InChI is InChI=1S/C7H2N4.C5H5N/c8-2-6(3-9)1-7(4-10)5-11;1-2-4-6-5-3-1/h1,6H;1-5H. The summed E-state index contributed by atoms with van der Waals surface area (Å²) in [6.07, 6.45) is 4.53. The molecule has 0 unspecified atom stereocenters. The number of hydrogen-bond acceptors (Lipinski definition) is 5. The van der Waals surface area contributed by atoms with E-state index in [0.717, 1.165) is 6.08 Å². The Morgan fingerprint density at radius 2 is 1.47 bits per heavy atom. The topological polar surface area (TPSA) is 108 Å². The molecule has 0 amide bonds. The smallest absolute Gasteiger partial charge is 0.153 e. The summed E-state index contributed by atoms with van der Waals surface area (Å²) in [5.74, 6) is -1.01. The minimum Gasteiger partial charge on any atom is -0.265 e. The van der Waals surface area contributed by atoms with Gasteiger partial charge in [0, 0.05) is 12.4 Å². The highest BCUT2D eigenvalue weighted by atomic mass is 14.6. The van der Waals surface area contributed by atoms with E-state index in [0.29, 0.717) is 0 Å². The molecule has 0 saturated carbocycles. The van der Waals surface area contributed by atoms with Crippen LogP contribution in [0.25, 0.3) is 0 Å². The zero-order valence-corrected chi connectivity index (χ0v) is 8.78. The van der Waals surface area contributed by atoms with Crippen molar-refractivity contribution in [3.05, 3.63) is 42.2 Å². The molecule has 0 spiro atoms. The number of pyridine rings is 1. The van der Waals surface area contributed by atoms with E-state index in [1.165, 1.54) is 0 Å². The van der Waals surface area contributed by atoms with Crippen LogP contribution in [-0.4, -0.2) is 4.98 Å². The highest BCUT2D eigenvalue weighted by molar-refractivity contribution is 5.37. The van der Waals surface area contributed by atoms with Crippen LogP contribution >= 0.6 is 0 Å². The van der Waals surface area contributed by atoms with Gasteiger partial charge >= 0.3 is 0 Å². The summed E-state index contributed by atoms with van der Waals surface area (Å²) in [6, 6.07) is 12.0. The van der Waals surface area contributed by atoms with Crippen molar-refractivity contribution in [3.8, 4) is 24.3 Å². The Morgan fingerprint density at radius 3 is 1.71 bits per heavy atom. The second-order valence-corrected chi connectivity index (χ2v) is 2.56. The normalized spacial score (nSPS) is 7.12. The maximum absolute atomic E-state index is 8.23. The van der Waals surface area contributed by atoms with Crippen molar-refractivity contribution in [2.75, 3.05) is 0 Å². The Kier molecular flexibility index (Phi) is 7.66. The molecule has 0 aliphatic rings. The molecule has 5 nitrogen and oxygen atoms in total. The molecule has 0 aliphatic carbocycles. The Morgan fingerprint density at radius 1 is 0.941 bits per heavy atom. The van der Waals surface area contributed by atoms with Crippen LogP contribution < -0.4 is 0 Å². The fourth-order valence-electron chi connectivity index (χ4n) is 0.682. The zero-order valence-electron chi connectivity index (χ0n) is 8.78. The minimum atomic E-state index is -1.01. The maximum atomic E-state index is 8.23.